The number of rotatable bonds is 30. The van der Waals surface area contributed by atoms with E-state index in [0.717, 1.165) is 0 Å². The normalized spacial score (nSPS) is 14.3. The molecule has 0 radical (unpaired) electrons. The Labute approximate surface area is 592 Å². The lowest BCUT2D eigenvalue weighted by Gasteiger charge is -2.33. The Kier molecular flexibility index (Phi) is 15.7. The number of hydrogen-bond donors (Lipinski definition) is 0. The van der Waals surface area contributed by atoms with Crippen LogP contribution < -0.4 is 0 Å². The summed E-state index contributed by atoms with van der Waals surface area (Å²) in [5, 5.41) is 34.1. The monoisotopic (exact) mass is 1300 g/mol. The first-order chi connectivity index (χ1) is 49.5. The molecule has 100 heavy (non-hydrogen) atoms. The molecule has 17 aromatic carbocycles. The van der Waals surface area contributed by atoms with Crippen LogP contribution in [0.15, 0.2) is 182 Å². The number of benzene rings is 17. The zero-order valence-corrected chi connectivity index (χ0v) is 60.1. The average molecular weight is 1300 g/mol. The SMILES string of the molecule is CCCCCCCCC1(CCCCCCCC)c2ccccc2-c2ccc(-c3cc4c5cccc6c7cccc8c9cccc%10c%11cccc%12c%13cc(-c%14ccc%15c(c%14)C(CCCCCCCC)(CCCCCCCC)c%14ccccc%14-%15)cc%14c(c3)c4c3c(c65)c(c87)c(c9%10)c(c%11%12)c3c%13%14)cc21. The number of hydrogen-bond acceptors (Lipinski definition) is 0. The number of fused-ring (bicyclic) bond motifs is 12. The predicted molar refractivity (Wildman–Crippen MR) is 439 cm³/mol. The maximum absolute atomic E-state index is 2.74. The highest BCUT2D eigenvalue weighted by atomic mass is 14.5. The second-order valence-electron chi connectivity index (χ2n) is 31.9. The smallest absolute Gasteiger partial charge is 0.0215 e. The molecular weight excluding hydrogens is 1200 g/mol. The van der Waals surface area contributed by atoms with Crippen molar-refractivity contribution in [2.45, 2.75) is 218 Å². The summed E-state index contributed by atoms with van der Waals surface area (Å²) in [5.74, 6) is 0. The molecule has 0 fully saturated rings. The minimum absolute atomic E-state index is 0.0186. The molecule has 2 aliphatic carbocycles. The highest BCUT2D eigenvalue weighted by Crippen LogP contribution is 2.63. The van der Waals surface area contributed by atoms with E-state index in [1.807, 2.05) is 0 Å². The molecule has 2 aliphatic rings. The van der Waals surface area contributed by atoms with Crippen molar-refractivity contribution in [3.05, 3.63) is 204 Å². The molecule has 0 amide bonds. The molecule has 0 saturated carbocycles. The third-order valence-electron chi connectivity index (χ3n) is 26.3. The Balaban J connectivity index is 0.890. The van der Waals surface area contributed by atoms with Crippen LogP contribution in [0.2, 0.25) is 0 Å². The second-order valence-corrected chi connectivity index (χ2v) is 31.9. The lowest BCUT2D eigenvalue weighted by molar-refractivity contribution is 0.398. The Morgan fingerprint density at radius 1 is 0.180 bits per heavy atom. The summed E-state index contributed by atoms with van der Waals surface area (Å²) < 4.78 is 0. The molecule has 498 valence electrons. The van der Waals surface area contributed by atoms with Gasteiger partial charge in [-0.15, -0.1) is 0 Å². The van der Waals surface area contributed by atoms with Crippen LogP contribution in [0.3, 0.4) is 0 Å². The van der Waals surface area contributed by atoms with Crippen LogP contribution in [0.25, 0.3) is 174 Å². The van der Waals surface area contributed by atoms with Crippen molar-refractivity contribution in [1.29, 1.82) is 0 Å². The van der Waals surface area contributed by atoms with Gasteiger partial charge < -0.3 is 0 Å². The molecular formula is C100H98. The first-order valence-electron chi connectivity index (χ1n) is 40.2. The van der Waals surface area contributed by atoms with E-state index in [1.54, 1.807) is 22.3 Å². The van der Waals surface area contributed by atoms with Gasteiger partial charge in [0.15, 0.2) is 0 Å². The fraction of sp³-hybridized carbons (Fsp3) is 0.340. The van der Waals surface area contributed by atoms with Crippen molar-refractivity contribution < 1.29 is 0 Å². The van der Waals surface area contributed by atoms with Gasteiger partial charge in [0.05, 0.1) is 0 Å². The summed E-state index contributed by atoms with van der Waals surface area (Å²) in [7, 11) is 0. The van der Waals surface area contributed by atoms with Crippen molar-refractivity contribution in [2.24, 2.45) is 0 Å². The van der Waals surface area contributed by atoms with E-state index in [2.05, 4.69) is 210 Å². The molecule has 19 rings (SSSR count). The van der Waals surface area contributed by atoms with Gasteiger partial charge in [0.2, 0.25) is 0 Å². The van der Waals surface area contributed by atoms with Gasteiger partial charge in [-0.2, -0.15) is 0 Å². The minimum atomic E-state index is -0.0186. The molecule has 0 bridgehead atoms. The van der Waals surface area contributed by atoms with Crippen molar-refractivity contribution in [3.8, 4) is 44.5 Å². The fourth-order valence-corrected chi connectivity index (χ4v) is 21.8. The maximum Gasteiger partial charge on any atom is 0.0215 e. The standard InChI is InChI=1S/C100H98/c1-5-9-13-17-21-29-53-99(54-30-22-18-14-10-6-2)83-47-27-25-37-67(83)69-51-49-63(61-85(69)99)65-57-79-77-45-35-43-75-73-41-33-39-71-72-40-34-42-74-76-44-36-46-78-80-58-66(60-82-81(59-65)91(79)97-95(89(75)77)93(87(71)73)94(88(72)74)96(90(76)78)98(97)92(80)82)64-50-52-70-68-38-26-28-48-84(68)100(86(70)62-64,55-31-23-19-15-11-7-3)56-32-24-20-16-12-8-4/h25-28,33-52,57-62H,5-24,29-32,53-56H2,1-4H3. The van der Waals surface area contributed by atoms with Crippen LogP contribution in [0.4, 0.5) is 0 Å². The molecule has 0 unspecified atom stereocenters. The molecule has 0 nitrogen and oxygen atoms in total. The third kappa shape index (κ3) is 9.22. The Bertz CT molecular complexity index is 5470. The lowest BCUT2D eigenvalue weighted by Crippen LogP contribution is -2.25. The molecule has 0 heteroatoms. The van der Waals surface area contributed by atoms with Crippen LogP contribution in [-0.4, -0.2) is 0 Å². The van der Waals surface area contributed by atoms with Gasteiger partial charge in [0.25, 0.3) is 0 Å². The minimum Gasteiger partial charge on any atom is -0.0654 e. The van der Waals surface area contributed by atoms with Crippen LogP contribution in [0, 0.1) is 0 Å². The van der Waals surface area contributed by atoms with Crippen LogP contribution in [-0.2, 0) is 10.8 Å². The van der Waals surface area contributed by atoms with E-state index in [1.165, 1.54) is 354 Å². The molecule has 0 atom stereocenters. The third-order valence-corrected chi connectivity index (χ3v) is 26.3. The summed E-state index contributed by atoms with van der Waals surface area (Å²) in [6.07, 6.45) is 36.5. The highest BCUT2D eigenvalue weighted by Gasteiger charge is 2.44. The topological polar surface area (TPSA) is 0 Å². The molecule has 0 aromatic heterocycles. The van der Waals surface area contributed by atoms with Crippen LogP contribution in [0.1, 0.15) is 230 Å². The van der Waals surface area contributed by atoms with E-state index in [4.69, 9.17) is 0 Å². The zero-order chi connectivity index (χ0) is 66.8. The number of unbranched alkanes of at least 4 members (excludes halogenated alkanes) is 20. The Hall–Kier alpha value is -8.58. The van der Waals surface area contributed by atoms with Gasteiger partial charge in [-0.3, -0.25) is 0 Å². The van der Waals surface area contributed by atoms with Crippen LogP contribution >= 0.6 is 0 Å². The molecule has 0 N–H and O–H groups in total. The van der Waals surface area contributed by atoms with Crippen molar-refractivity contribution in [1.82, 2.24) is 0 Å². The quantitative estimate of drug-likeness (QED) is 0.0239. The van der Waals surface area contributed by atoms with Crippen molar-refractivity contribution >= 4 is 129 Å². The van der Waals surface area contributed by atoms with Crippen molar-refractivity contribution in [2.75, 3.05) is 0 Å². The second kappa shape index (κ2) is 25.2. The summed E-state index contributed by atoms with van der Waals surface area (Å²) in [5.41, 5.74) is 17.5. The van der Waals surface area contributed by atoms with E-state index < -0.39 is 0 Å². The van der Waals surface area contributed by atoms with Gasteiger partial charge in [0.1, 0.15) is 0 Å². The maximum atomic E-state index is 2.74. The van der Waals surface area contributed by atoms with Gasteiger partial charge in [-0.1, -0.05) is 327 Å². The van der Waals surface area contributed by atoms with E-state index in [9.17, 15) is 0 Å². The summed E-state index contributed by atoms with van der Waals surface area (Å²) in [4.78, 5) is 0. The molecule has 17 aromatic rings. The molecule has 0 spiro atoms. The summed E-state index contributed by atoms with van der Waals surface area (Å²) in [6, 6.07) is 75.0. The van der Waals surface area contributed by atoms with Gasteiger partial charge >= 0.3 is 0 Å². The van der Waals surface area contributed by atoms with Gasteiger partial charge in [-0.25, -0.2) is 0 Å². The zero-order valence-electron chi connectivity index (χ0n) is 60.1. The molecule has 0 heterocycles. The fourth-order valence-electron chi connectivity index (χ4n) is 21.8. The highest BCUT2D eigenvalue weighted by molar-refractivity contribution is 6.61. The Morgan fingerprint density at radius 3 is 0.720 bits per heavy atom. The predicted octanol–water partition coefficient (Wildman–Crippen LogP) is 31.0. The van der Waals surface area contributed by atoms with E-state index in [0.29, 0.717) is 0 Å². The first kappa shape index (κ1) is 62.4. The van der Waals surface area contributed by atoms with Crippen molar-refractivity contribution in [3.63, 3.8) is 0 Å². The summed E-state index contributed by atoms with van der Waals surface area (Å²) in [6.45, 7) is 9.41. The largest absolute Gasteiger partial charge is 0.0654 e. The first-order valence-corrected chi connectivity index (χ1v) is 40.2. The Morgan fingerprint density at radius 2 is 0.420 bits per heavy atom. The van der Waals surface area contributed by atoms with Gasteiger partial charge in [-0.05, 0) is 258 Å². The van der Waals surface area contributed by atoms with Gasteiger partial charge in [0, 0.05) is 10.8 Å². The lowest BCUT2D eigenvalue weighted by atomic mass is 9.70. The van der Waals surface area contributed by atoms with E-state index >= 15 is 0 Å². The van der Waals surface area contributed by atoms with E-state index in [-0.39, 0.29) is 10.8 Å². The average Bonchev–Trinajstić information content (AvgIpc) is 0.783. The molecule has 0 saturated heterocycles. The molecule has 0 aliphatic heterocycles. The van der Waals surface area contributed by atoms with Crippen LogP contribution in [0.5, 0.6) is 0 Å². The summed E-state index contributed by atoms with van der Waals surface area (Å²) >= 11 is 0.